The number of nitrogens with zero attached hydrogens (tertiary/aromatic N) is 1. The van der Waals surface area contributed by atoms with Gasteiger partial charge in [0.2, 0.25) is 0 Å². The molecule has 0 radical (unpaired) electrons. The molecule has 1 aromatic carbocycles. The first-order valence-electron chi connectivity index (χ1n) is 4.59. The summed E-state index contributed by atoms with van der Waals surface area (Å²) in [5.74, 6) is -1.41. The van der Waals surface area contributed by atoms with Gasteiger partial charge < -0.3 is 5.11 Å². The fourth-order valence-electron chi connectivity index (χ4n) is 1.52. The van der Waals surface area contributed by atoms with Gasteiger partial charge in [0, 0.05) is 11.6 Å². The number of benzene rings is 1. The molecule has 0 aliphatic carbocycles. The Morgan fingerprint density at radius 2 is 2.00 bits per heavy atom. The Balaban J connectivity index is 2.81. The summed E-state index contributed by atoms with van der Waals surface area (Å²) in [4.78, 5) is 14.6. The molecule has 2 aromatic rings. The van der Waals surface area contributed by atoms with Crippen molar-refractivity contribution in [3.8, 4) is 0 Å². The third-order valence-corrected chi connectivity index (χ3v) is 2.28. The van der Waals surface area contributed by atoms with Gasteiger partial charge in [0.1, 0.15) is 0 Å². The first-order valence-corrected chi connectivity index (χ1v) is 4.59. The Hall–Kier alpha value is -2.11. The molecule has 0 unspecified atom stereocenters. The van der Waals surface area contributed by atoms with Crippen LogP contribution < -0.4 is 0 Å². The molecule has 0 saturated carbocycles. The number of hydrogen-bond acceptors (Lipinski definition) is 2. The highest BCUT2D eigenvalue weighted by Crippen LogP contribution is 2.32. The van der Waals surface area contributed by atoms with Gasteiger partial charge in [0.05, 0.1) is 16.6 Å². The van der Waals surface area contributed by atoms with Gasteiger partial charge in [0.25, 0.3) is 0 Å². The molecule has 0 bridgehead atoms. The summed E-state index contributed by atoms with van der Waals surface area (Å²) in [6.45, 7) is 0. The van der Waals surface area contributed by atoms with Crippen molar-refractivity contribution >= 4 is 16.9 Å². The molecule has 0 aliphatic rings. The van der Waals surface area contributed by atoms with Crippen LogP contribution in [0.3, 0.4) is 0 Å². The lowest BCUT2D eigenvalue weighted by molar-refractivity contribution is -0.137. The number of carbonyl (C=O) groups is 1. The number of aromatic carboxylic acids is 1. The minimum absolute atomic E-state index is 0.0136. The molecule has 0 saturated heterocycles. The number of carboxylic acid groups (broad SMARTS) is 1. The van der Waals surface area contributed by atoms with Crippen LogP contribution in [0.4, 0.5) is 13.2 Å². The van der Waals surface area contributed by atoms with Gasteiger partial charge in [-0.05, 0) is 18.2 Å². The van der Waals surface area contributed by atoms with Crippen molar-refractivity contribution in [3.05, 3.63) is 41.6 Å². The van der Waals surface area contributed by atoms with Crippen molar-refractivity contribution in [3.63, 3.8) is 0 Å². The van der Waals surface area contributed by atoms with Crippen molar-refractivity contribution in [1.29, 1.82) is 0 Å². The van der Waals surface area contributed by atoms with E-state index in [0.29, 0.717) is 6.07 Å². The van der Waals surface area contributed by atoms with Crippen LogP contribution in [0.25, 0.3) is 10.9 Å². The number of pyridine rings is 1. The molecule has 1 heterocycles. The molecule has 0 fully saturated rings. The van der Waals surface area contributed by atoms with E-state index in [9.17, 15) is 18.0 Å². The third kappa shape index (κ3) is 2.06. The second-order valence-electron chi connectivity index (χ2n) is 3.40. The van der Waals surface area contributed by atoms with Crippen LogP contribution in [0, 0.1) is 0 Å². The number of hydrogen-bond donors (Lipinski definition) is 1. The zero-order chi connectivity index (χ0) is 12.6. The average Bonchev–Trinajstić information content (AvgIpc) is 2.26. The minimum atomic E-state index is -4.59. The SMILES string of the molecule is O=C(O)c1cc(C(F)(F)F)cc2ncccc12. The van der Waals surface area contributed by atoms with Crippen LogP contribution in [0.1, 0.15) is 15.9 Å². The molecular formula is C11H6F3NO2. The van der Waals surface area contributed by atoms with E-state index < -0.39 is 23.3 Å². The lowest BCUT2D eigenvalue weighted by Gasteiger charge is -2.09. The molecule has 0 aliphatic heterocycles. The van der Waals surface area contributed by atoms with Gasteiger partial charge in [-0.15, -0.1) is 0 Å². The number of alkyl halides is 3. The number of fused-ring (bicyclic) bond motifs is 1. The van der Waals surface area contributed by atoms with E-state index in [4.69, 9.17) is 5.11 Å². The van der Waals surface area contributed by atoms with Gasteiger partial charge in [-0.25, -0.2) is 4.79 Å². The second-order valence-corrected chi connectivity index (χ2v) is 3.40. The normalized spacial score (nSPS) is 11.7. The smallest absolute Gasteiger partial charge is 0.416 e. The van der Waals surface area contributed by atoms with Crippen LogP contribution in [0.5, 0.6) is 0 Å². The first-order chi connectivity index (χ1) is 7.89. The molecule has 1 N–H and O–H groups in total. The van der Waals surface area contributed by atoms with Crippen LogP contribution in [0.2, 0.25) is 0 Å². The maximum Gasteiger partial charge on any atom is 0.416 e. The Kier molecular flexibility index (Phi) is 2.49. The van der Waals surface area contributed by atoms with Gasteiger partial charge in [-0.1, -0.05) is 6.07 Å². The minimum Gasteiger partial charge on any atom is -0.478 e. The van der Waals surface area contributed by atoms with Crippen molar-refractivity contribution in [2.75, 3.05) is 0 Å². The predicted octanol–water partition coefficient (Wildman–Crippen LogP) is 2.95. The molecular weight excluding hydrogens is 235 g/mol. The standard InChI is InChI=1S/C11H6F3NO2/c12-11(13,14)6-4-8(10(16)17)7-2-1-3-15-9(7)5-6/h1-5H,(H,16,17). The van der Waals surface area contributed by atoms with Crippen molar-refractivity contribution in [1.82, 2.24) is 4.98 Å². The predicted molar refractivity (Wildman–Crippen MR) is 53.7 cm³/mol. The summed E-state index contributed by atoms with van der Waals surface area (Å²) in [5, 5.41) is 9.07. The molecule has 3 nitrogen and oxygen atoms in total. The summed E-state index contributed by atoms with van der Waals surface area (Å²) in [5.41, 5.74) is -1.40. The monoisotopic (exact) mass is 241 g/mol. The summed E-state index contributed by atoms with van der Waals surface area (Å²) >= 11 is 0. The average molecular weight is 241 g/mol. The third-order valence-electron chi connectivity index (χ3n) is 2.28. The van der Waals surface area contributed by atoms with E-state index >= 15 is 0 Å². The lowest BCUT2D eigenvalue weighted by atomic mass is 10.0. The summed E-state index contributed by atoms with van der Waals surface area (Å²) < 4.78 is 37.6. The van der Waals surface area contributed by atoms with Crippen molar-refractivity contribution in [2.45, 2.75) is 6.18 Å². The molecule has 0 spiro atoms. The highest BCUT2D eigenvalue weighted by molar-refractivity contribution is 6.02. The number of aromatic nitrogens is 1. The lowest BCUT2D eigenvalue weighted by Crippen LogP contribution is -2.08. The second kappa shape index (κ2) is 3.73. The Bertz CT molecular complexity index is 593. The van der Waals surface area contributed by atoms with Crippen LogP contribution in [0.15, 0.2) is 30.5 Å². The van der Waals surface area contributed by atoms with E-state index in [1.807, 2.05) is 0 Å². The zero-order valence-corrected chi connectivity index (χ0v) is 8.32. The molecule has 17 heavy (non-hydrogen) atoms. The van der Waals surface area contributed by atoms with Crippen LogP contribution >= 0.6 is 0 Å². The molecule has 0 amide bonds. The van der Waals surface area contributed by atoms with Crippen molar-refractivity contribution < 1.29 is 23.1 Å². The van der Waals surface area contributed by atoms with Gasteiger partial charge in [-0.3, -0.25) is 4.98 Å². The number of halogens is 3. The Morgan fingerprint density at radius 3 is 2.59 bits per heavy atom. The Labute approximate surface area is 93.5 Å². The summed E-state index contributed by atoms with van der Waals surface area (Å²) in [6.07, 6.45) is -3.27. The molecule has 88 valence electrons. The van der Waals surface area contributed by atoms with E-state index in [-0.39, 0.29) is 10.9 Å². The zero-order valence-electron chi connectivity index (χ0n) is 8.32. The molecule has 1 aromatic heterocycles. The molecule has 2 rings (SSSR count). The summed E-state index contributed by atoms with van der Waals surface area (Å²) in [6, 6.07) is 4.35. The highest BCUT2D eigenvalue weighted by atomic mass is 19.4. The van der Waals surface area contributed by atoms with E-state index in [2.05, 4.69) is 4.98 Å². The van der Waals surface area contributed by atoms with E-state index in [1.54, 1.807) is 0 Å². The topological polar surface area (TPSA) is 50.2 Å². The fourth-order valence-corrected chi connectivity index (χ4v) is 1.52. The highest BCUT2D eigenvalue weighted by Gasteiger charge is 2.32. The van der Waals surface area contributed by atoms with E-state index in [0.717, 1.165) is 6.07 Å². The summed E-state index contributed by atoms with van der Waals surface area (Å²) in [7, 11) is 0. The van der Waals surface area contributed by atoms with E-state index in [1.165, 1.54) is 18.3 Å². The number of rotatable bonds is 1. The maximum atomic E-state index is 12.5. The molecule has 0 atom stereocenters. The van der Waals surface area contributed by atoms with Crippen LogP contribution in [-0.2, 0) is 6.18 Å². The van der Waals surface area contributed by atoms with Crippen LogP contribution in [-0.4, -0.2) is 16.1 Å². The largest absolute Gasteiger partial charge is 0.478 e. The maximum absolute atomic E-state index is 12.5. The van der Waals surface area contributed by atoms with Gasteiger partial charge in [-0.2, -0.15) is 13.2 Å². The van der Waals surface area contributed by atoms with Gasteiger partial charge in [0.15, 0.2) is 0 Å². The Morgan fingerprint density at radius 1 is 1.29 bits per heavy atom. The molecule has 6 heteroatoms. The quantitative estimate of drug-likeness (QED) is 0.835. The first kappa shape index (κ1) is 11.4. The van der Waals surface area contributed by atoms with Gasteiger partial charge >= 0.3 is 12.1 Å². The van der Waals surface area contributed by atoms with Crippen molar-refractivity contribution in [2.24, 2.45) is 0 Å². The number of carboxylic acids is 1. The fraction of sp³-hybridized carbons (Fsp3) is 0.0909.